The Morgan fingerprint density at radius 1 is 1.33 bits per heavy atom. The minimum Gasteiger partial charge on any atom is -0.369 e. The van der Waals surface area contributed by atoms with Crippen molar-refractivity contribution in [3.63, 3.8) is 0 Å². The third-order valence-corrected chi connectivity index (χ3v) is 4.14. The van der Waals surface area contributed by atoms with E-state index in [-0.39, 0.29) is 5.56 Å². The van der Waals surface area contributed by atoms with E-state index in [1.807, 2.05) is 43.1 Å². The quantitative estimate of drug-likeness (QED) is 0.744. The van der Waals surface area contributed by atoms with E-state index in [0.29, 0.717) is 16.5 Å². The Morgan fingerprint density at radius 3 is 2.76 bits per heavy atom. The molecule has 0 N–H and O–H groups in total. The van der Waals surface area contributed by atoms with Crippen LogP contribution in [0.3, 0.4) is 0 Å². The van der Waals surface area contributed by atoms with Gasteiger partial charge in [0.05, 0.1) is 12.2 Å². The SMILES string of the molecule is Cc1nn2c(=O)cc(CN(C)c3ccc(Cl)cc3)nc2s1. The van der Waals surface area contributed by atoms with Crippen LogP contribution in [-0.4, -0.2) is 21.6 Å². The molecule has 0 fully saturated rings. The van der Waals surface area contributed by atoms with Gasteiger partial charge in [0, 0.05) is 23.8 Å². The molecule has 3 aromatic rings. The molecule has 3 rings (SSSR count). The highest BCUT2D eigenvalue weighted by molar-refractivity contribution is 7.16. The van der Waals surface area contributed by atoms with Gasteiger partial charge >= 0.3 is 0 Å². The first-order valence-corrected chi connectivity index (χ1v) is 7.55. The van der Waals surface area contributed by atoms with E-state index in [4.69, 9.17) is 11.6 Å². The number of hydrogen-bond donors (Lipinski definition) is 0. The van der Waals surface area contributed by atoms with Crippen LogP contribution in [0.2, 0.25) is 5.02 Å². The summed E-state index contributed by atoms with van der Waals surface area (Å²) in [4.78, 5) is 19.1. The topological polar surface area (TPSA) is 50.5 Å². The summed E-state index contributed by atoms with van der Waals surface area (Å²) in [6, 6.07) is 9.07. The Kier molecular flexibility index (Phi) is 3.65. The molecule has 2 aromatic heterocycles. The number of rotatable bonds is 3. The molecule has 0 saturated heterocycles. The lowest BCUT2D eigenvalue weighted by Gasteiger charge is -2.18. The summed E-state index contributed by atoms with van der Waals surface area (Å²) in [5.41, 5.74) is 1.59. The van der Waals surface area contributed by atoms with Crippen molar-refractivity contribution in [3.05, 3.63) is 56.4 Å². The predicted molar refractivity (Wildman–Crippen MR) is 85.4 cm³/mol. The zero-order valence-electron chi connectivity index (χ0n) is 11.6. The smallest absolute Gasteiger partial charge is 0.275 e. The van der Waals surface area contributed by atoms with Gasteiger partial charge in [0.25, 0.3) is 5.56 Å². The average molecular weight is 321 g/mol. The van der Waals surface area contributed by atoms with Crippen molar-refractivity contribution >= 4 is 33.6 Å². The van der Waals surface area contributed by atoms with Crippen LogP contribution in [-0.2, 0) is 6.54 Å². The van der Waals surface area contributed by atoms with Crippen molar-refractivity contribution in [1.29, 1.82) is 0 Å². The second kappa shape index (κ2) is 5.46. The van der Waals surface area contributed by atoms with Gasteiger partial charge in [-0.05, 0) is 31.2 Å². The van der Waals surface area contributed by atoms with E-state index in [2.05, 4.69) is 10.1 Å². The second-order valence-electron chi connectivity index (χ2n) is 4.73. The van der Waals surface area contributed by atoms with E-state index in [1.54, 1.807) is 0 Å². The molecule has 7 heteroatoms. The highest BCUT2D eigenvalue weighted by atomic mass is 35.5. The monoisotopic (exact) mass is 320 g/mol. The van der Waals surface area contributed by atoms with Crippen LogP contribution in [0, 0.1) is 6.92 Å². The van der Waals surface area contributed by atoms with Crippen molar-refractivity contribution in [2.24, 2.45) is 0 Å². The Bertz CT molecular complexity index is 840. The van der Waals surface area contributed by atoms with Crippen LogP contribution in [0.5, 0.6) is 0 Å². The van der Waals surface area contributed by atoms with Gasteiger partial charge in [0.2, 0.25) is 4.96 Å². The van der Waals surface area contributed by atoms with E-state index < -0.39 is 0 Å². The van der Waals surface area contributed by atoms with Crippen LogP contribution in [0.1, 0.15) is 10.7 Å². The van der Waals surface area contributed by atoms with Crippen LogP contribution in [0.25, 0.3) is 4.96 Å². The van der Waals surface area contributed by atoms with Gasteiger partial charge in [-0.1, -0.05) is 22.9 Å². The third kappa shape index (κ3) is 2.91. The summed E-state index contributed by atoms with van der Waals surface area (Å²) in [5, 5.41) is 5.65. The maximum Gasteiger partial charge on any atom is 0.275 e. The molecule has 0 aliphatic heterocycles. The summed E-state index contributed by atoms with van der Waals surface area (Å²) < 4.78 is 1.34. The van der Waals surface area contributed by atoms with Crippen molar-refractivity contribution in [1.82, 2.24) is 14.6 Å². The molecule has 0 radical (unpaired) electrons. The summed E-state index contributed by atoms with van der Waals surface area (Å²) in [6.07, 6.45) is 0. The molecular formula is C14H13ClN4OS. The van der Waals surface area contributed by atoms with Crippen LogP contribution >= 0.6 is 22.9 Å². The molecule has 0 saturated carbocycles. The lowest BCUT2D eigenvalue weighted by atomic mass is 10.3. The first-order chi connectivity index (χ1) is 10.0. The Labute approximate surface area is 130 Å². The number of fused-ring (bicyclic) bond motifs is 1. The fourth-order valence-electron chi connectivity index (χ4n) is 2.06. The molecule has 0 spiro atoms. The summed E-state index contributed by atoms with van der Waals surface area (Å²) in [6.45, 7) is 2.41. The van der Waals surface area contributed by atoms with Gasteiger partial charge in [-0.15, -0.1) is 0 Å². The maximum absolute atomic E-state index is 12.0. The molecule has 0 unspecified atom stereocenters. The van der Waals surface area contributed by atoms with Gasteiger partial charge in [-0.25, -0.2) is 4.98 Å². The first-order valence-electron chi connectivity index (χ1n) is 6.36. The summed E-state index contributed by atoms with van der Waals surface area (Å²) in [5.74, 6) is 0. The molecule has 0 bridgehead atoms. The van der Waals surface area contributed by atoms with Crippen molar-refractivity contribution in [3.8, 4) is 0 Å². The molecule has 5 nitrogen and oxygen atoms in total. The largest absolute Gasteiger partial charge is 0.369 e. The molecule has 2 heterocycles. The van der Waals surface area contributed by atoms with E-state index in [9.17, 15) is 4.79 Å². The van der Waals surface area contributed by atoms with Gasteiger partial charge < -0.3 is 4.90 Å². The number of benzene rings is 1. The van der Waals surface area contributed by atoms with Crippen LogP contribution in [0.4, 0.5) is 5.69 Å². The van der Waals surface area contributed by atoms with E-state index >= 15 is 0 Å². The molecule has 21 heavy (non-hydrogen) atoms. The zero-order chi connectivity index (χ0) is 15.0. The van der Waals surface area contributed by atoms with Crippen LogP contribution < -0.4 is 10.5 Å². The highest BCUT2D eigenvalue weighted by Crippen LogP contribution is 2.18. The molecule has 0 aliphatic carbocycles. The number of aromatic nitrogens is 3. The molecule has 0 aliphatic rings. The second-order valence-corrected chi connectivity index (χ2v) is 6.33. The number of anilines is 1. The number of aryl methyl sites for hydroxylation is 1. The fourth-order valence-corrected chi connectivity index (χ4v) is 2.96. The summed E-state index contributed by atoms with van der Waals surface area (Å²) in [7, 11) is 1.95. The van der Waals surface area contributed by atoms with E-state index in [1.165, 1.54) is 21.9 Å². The Hall–Kier alpha value is -1.92. The average Bonchev–Trinajstić information content (AvgIpc) is 2.80. The lowest BCUT2D eigenvalue weighted by Crippen LogP contribution is -2.21. The fraction of sp³-hybridized carbons (Fsp3) is 0.214. The van der Waals surface area contributed by atoms with Crippen molar-refractivity contribution in [2.45, 2.75) is 13.5 Å². The molecule has 108 valence electrons. The molecule has 0 amide bonds. The zero-order valence-corrected chi connectivity index (χ0v) is 13.1. The Balaban J connectivity index is 1.90. The maximum atomic E-state index is 12.0. The van der Waals surface area contributed by atoms with Crippen molar-refractivity contribution < 1.29 is 0 Å². The molecule has 1 aromatic carbocycles. The highest BCUT2D eigenvalue weighted by Gasteiger charge is 2.09. The first kappa shape index (κ1) is 14.0. The third-order valence-electron chi connectivity index (χ3n) is 3.07. The number of nitrogens with zero attached hydrogens (tertiary/aromatic N) is 4. The minimum atomic E-state index is -0.149. The van der Waals surface area contributed by atoms with Gasteiger partial charge in [-0.2, -0.15) is 9.61 Å². The van der Waals surface area contributed by atoms with Gasteiger partial charge in [-0.3, -0.25) is 4.79 Å². The Morgan fingerprint density at radius 2 is 2.05 bits per heavy atom. The van der Waals surface area contributed by atoms with Gasteiger partial charge in [0.15, 0.2) is 0 Å². The molecular weight excluding hydrogens is 308 g/mol. The lowest BCUT2D eigenvalue weighted by molar-refractivity contribution is 0.835. The molecule has 0 atom stereocenters. The minimum absolute atomic E-state index is 0.149. The summed E-state index contributed by atoms with van der Waals surface area (Å²) >= 11 is 7.29. The normalized spacial score (nSPS) is 11.0. The van der Waals surface area contributed by atoms with Crippen LogP contribution in [0.15, 0.2) is 35.1 Å². The number of hydrogen-bond acceptors (Lipinski definition) is 5. The number of halogens is 1. The standard InChI is InChI=1S/C14H13ClN4OS/c1-9-17-19-13(20)7-11(16-14(19)21-9)8-18(2)12-5-3-10(15)4-6-12/h3-7H,8H2,1-2H3. The van der Waals surface area contributed by atoms with E-state index in [0.717, 1.165) is 16.4 Å². The van der Waals surface area contributed by atoms with Gasteiger partial charge in [0.1, 0.15) is 5.01 Å². The van der Waals surface area contributed by atoms with Crippen molar-refractivity contribution in [2.75, 3.05) is 11.9 Å². The predicted octanol–water partition coefficient (Wildman–Crippen LogP) is 2.75.